The molecular formula is C30H30N2O7. The Labute approximate surface area is 224 Å². The fourth-order valence-corrected chi connectivity index (χ4v) is 6.19. The molecule has 202 valence electrons. The van der Waals surface area contributed by atoms with E-state index in [9.17, 15) is 19.5 Å². The van der Waals surface area contributed by atoms with Gasteiger partial charge in [0.25, 0.3) is 5.56 Å². The van der Waals surface area contributed by atoms with E-state index in [2.05, 4.69) is 4.90 Å². The topological polar surface area (TPSA) is 111 Å². The molecule has 1 unspecified atom stereocenters. The summed E-state index contributed by atoms with van der Waals surface area (Å²) in [7, 11) is 1.30. The van der Waals surface area contributed by atoms with Gasteiger partial charge in [-0.2, -0.15) is 0 Å². The van der Waals surface area contributed by atoms with Crippen LogP contribution in [-0.2, 0) is 22.6 Å². The first-order valence-electron chi connectivity index (χ1n) is 13.2. The van der Waals surface area contributed by atoms with Gasteiger partial charge in [0, 0.05) is 48.9 Å². The lowest BCUT2D eigenvalue weighted by atomic mass is 9.83. The third kappa shape index (κ3) is 4.90. The van der Waals surface area contributed by atoms with E-state index in [4.69, 9.17) is 13.9 Å². The number of benzene rings is 1. The van der Waals surface area contributed by atoms with Gasteiger partial charge < -0.3 is 23.6 Å². The maximum atomic E-state index is 12.9. The molecule has 5 heterocycles. The summed E-state index contributed by atoms with van der Waals surface area (Å²) in [5, 5.41) is 10.8. The second-order valence-corrected chi connectivity index (χ2v) is 10.6. The molecule has 1 fully saturated rings. The molecule has 39 heavy (non-hydrogen) atoms. The minimum Gasteiger partial charge on any atom is -0.502 e. The molecule has 1 saturated heterocycles. The molecule has 9 nitrogen and oxygen atoms in total. The lowest BCUT2D eigenvalue weighted by Crippen LogP contribution is -2.46. The maximum Gasteiger partial charge on any atom is 0.306 e. The Balaban J connectivity index is 1.31. The summed E-state index contributed by atoms with van der Waals surface area (Å²) in [5.74, 6) is -0.0593. The van der Waals surface area contributed by atoms with Gasteiger partial charge in [0.1, 0.15) is 18.1 Å². The third-order valence-corrected chi connectivity index (χ3v) is 7.95. The van der Waals surface area contributed by atoms with Crippen LogP contribution < -0.4 is 15.7 Å². The van der Waals surface area contributed by atoms with Gasteiger partial charge >= 0.3 is 5.97 Å². The van der Waals surface area contributed by atoms with E-state index in [0.29, 0.717) is 30.3 Å². The van der Waals surface area contributed by atoms with Crippen molar-refractivity contribution in [3.05, 3.63) is 97.5 Å². The highest BCUT2D eigenvalue weighted by Crippen LogP contribution is 2.39. The number of aromatic nitrogens is 1. The molecule has 3 aliphatic rings. The van der Waals surface area contributed by atoms with Crippen molar-refractivity contribution in [2.24, 2.45) is 5.92 Å². The summed E-state index contributed by atoms with van der Waals surface area (Å²) in [6.07, 6.45) is 2.80. The molecule has 0 aliphatic carbocycles. The SMILES string of the molecule is COC(=O)CC(C1=Cc2ccccc2OC1)c1oc(CN2C[C@H]3C[C@@H](C2)c2cccc(=O)n2C3)cc(=O)c1O. The molecule has 9 heteroatoms. The lowest BCUT2D eigenvalue weighted by Gasteiger charge is -2.42. The van der Waals surface area contributed by atoms with Gasteiger partial charge in [0.15, 0.2) is 5.76 Å². The van der Waals surface area contributed by atoms with Crippen LogP contribution in [-0.4, -0.2) is 47.3 Å². The highest BCUT2D eigenvalue weighted by molar-refractivity contribution is 5.73. The van der Waals surface area contributed by atoms with Crippen molar-refractivity contribution in [3.8, 4) is 11.5 Å². The summed E-state index contributed by atoms with van der Waals surface area (Å²) in [4.78, 5) is 39.9. The zero-order valence-electron chi connectivity index (χ0n) is 21.7. The average molecular weight is 531 g/mol. The van der Waals surface area contributed by atoms with Crippen LogP contribution in [0.4, 0.5) is 0 Å². The lowest BCUT2D eigenvalue weighted by molar-refractivity contribution is -0.141. The number of esters is 1. The number of hydrogen-bond acceptors (Lipinski definition) is 8. The number of rotatable bonds is 6. The molecular weight excluding hydrogens is 500 g/mol. The predicted molar refractivity (Wildman–Crippen MR) is 143 cm³/mol. The van der Waals surface area contributed by atoms with Gasteiger partial charge in [-0.1, -0.05) is 24.3 Å². The monoisotopic (exact) mass is 530 g/mol. The molecule has 0 saturated carbocycles. The predicted octanol–water partition coefficient (Wildman–Crippen LogP) is 3.25. The van der Waals surface area contributed by atoms with Crippen LogP contribution in [0.25, 0.3) is 6.08 Å². The van der Waals surface area contributed by atoms with Gasteiger partial charge in [-0.15, -0.1) is 0 Å². The van der Waals surface area contributed by atoms with Crippen molar-refractivity contribution in [1.29, 1.82) is 0 Å². The van der Waals surface area contributed by atoms with Crippen LogP contribution in [0.1, 0.15) is 47.5 Å². The first-order chi connectivity index (χ1) is 18.9. The molecule has 3 aliphatic heterocycles. The number of methoxy groups -OCH3 is 1. The summed E-state index contributed by atoms with van der Waals surface area (Å²) >= 11 is 0. The molecule has 2 bridgehead atoms. The van der Waals surface area contributed by atoms with E-state index >= 15 is 0 Å². The number of carbonyl (C=O) groups excluding carboxylic acids is 1. The molecule has 0 spiro atoms. The normalized spacial score (nSPS) is 20.7. The minimum absolute atomic E-state index is 0.0325. The number of piperidine rings is 1. The summed E-state index contributed by atoms with van der Waals surface area (Å²) in [5.41, 5.74) is 2.05. The Morgan fingerprint density at radius 2 is 1.97 bits per heavy atom. The Bertz CT molecular complexity index is 1570. The zero-order valence-corrected chi connectivity index (χ0v) is 21.7. The van der Waals surface area contributed by atoms with E-state index in [1.165, 1.54) is 13.2 Å². The van der Waals surface area contributed by atoms with Crippen LogP contribution in [0.15, 0.2) is 68.1 Å². The van der Waals surface area contributed by atoms with Crippen molar-refractivity contribution >= 4 is 12.0 Å². The Morgan fingerprint density at radius 3 is 2.82 bits per heavy atom. The first-order valence-corrected chi connectivity index (χ1v) is 13.2. The maximum absolute atomic E-state index is 12.9. The number of ether oxygens (including phenoxy) is 2. The van der Waals surface area contributed by atoms with Crippen LogP contribution >= 0.6 is 0 Å². The molecule has 0 radical (unpaired) electrons. The molecule has 0 amide bonds. The fourth-order valence-electron chi connectivity index (χ4n) is 6.19. The number of nitrogens with zero attached hydrogens (tertiary/aromatic N) is 2. The zero-order chi connectivity index (χ0) is 27.1. The number of para-hydroxylation sites is 1. The van der Waals surface area contributed by atoms with E-state index in [1.54, 1.807) is 6.07 Å². The average Bonchev–Trinajstić information content (AvgIpc) is 2.94. The second kappa shape index (κ2) is 10.2. The summed E-state index contributed by atoms with van der Waals surface area (Å²) in [6.45, 7) is 2.71. The van der Waals surface area contributed by atoms with Gasteiger partial charge in [0.05, 0.1) is 26.0 Å². The Morgan fingerprint density at radius 1 is 1.13 bits per heavy atom. The number of fused-ring (bicyclic) bond motifs is 5. The number of likely N-dealkylation sites (tertiary alicyclic amines) is 1. The molecule has 6 rings (SSSR count). The Hall–Kier alpha value is -4.11. The quantitative estimate of drug-likeness (QED) is 0.484. The first kappa shape index (κ1) is 25.2. The van der Waals surface area contributed by atoms with Crippen molar-refractivity contribution < 1.29 is 23.8 Å². The number of aromatic hydroxyl groups is 1. The van der Waals surface area contributed by atoms with Crippen molar-refractivity contribution in [3.63, 3.8) is 0 Å². The summed E-state index contributed by atoms with van der Waals surface area (Å²) < 4.78 is 18.9. The van der Waals surface area contributed by atoms with E-state index in [-0.39, 0.29) is 30.3 Å². The molecule has 1 N–H and O–H groups in total. The highest BCUT2D eigenvalue weighted by Gasteiger charge is 2.35. The highest BCUT2D eigenvalue weighted by atomic mass is 16.5. The van der Waals surface area contributed by atoms with E-state index in [1.807, 2.05) is 47.0 Å². The largest absolute Gasteiger partial charge is 0.502 e. The number of pyridine rings is 1. The number of carbonyl (C=O) groups is 1. The standard InChI is InChI=1S/C30H30N2O7/c1-37-28(35)12-23(21-10-19-5-2-3-7-26(19)38-17-21)30-29(36)25(33)11-22(39-30)16-31-13-18-9-20(15-31)24-6-4-8-27(34)32(24)14-18/h2-8,10-11,18,20,23,36H,9,12-17H2,1H3/t18-,20+,23?/m1/s1. The van der Waals surface area contributed by atoms with E-state index < -0.39 is 23.1 Å². The van der Waals surface area contributed by atoms with E-state index in [0.717, 1.165) is 36.5 Å². The molecule has 3 atom stereocenters. The van der Waals surface area contributed by atoms with Crippen molar-refractivity contribution in [1.82, 2.24) is 9.47 Å². The molecule has 1 aromatic carbocycles. The van der Waals surface area contributed by atoms with Crippen molar-refractivity contribution in [2.45, 2.75) is 37.8 Å². The second-order valence-electron chi connectivity index (χ2n) is 10.6. The molecule has 3 aromatic rings. The van der Waals surface area contributed by atoms with Crippen LogP contribution in [0.3, 0.4) is 0 Å². The van der Waals surface area contributed by atoms with Crippen molar-refractivity contribution in [2.75, 3.05) is 26.8 Å². The van der Waals surface area contributed by atoms with Crippen LogP contribution in [0.5, 0.6) is 11.5 Å². The minimum atomic E-state index is -0.738. The van der Waals surface area contributed by atoms with Crippen LogP contribution in [0, 0.1) is 5.92 Å². The Kier molecular flexibility index (Phi) is 6.60. The van der Waals surface area contributed by atoms with Gasteiger partial charge in [0.2, 0.25) is 11.2 Å². The van der Waals surface area contributed by atoms with Crippen LogP contribution in [0.2, 0.25) is 0 Å². The molecule has 2 aromatic heterocycles. The number of hydrogen-bond donors (Lipinski definition) is 1. The fraction of sp³-hybridized carbons (Fsp3) is 0.367. The van der Waals surface area contributed by atoms with Gasteiger partial charge in [-0.3, -0.25) is 19.3 Å². The summed E-state index contributed by atoms with van der Waals surface area (Å²) in [6, 6.07) is 14.3. The smallest absolute Gasteiger partial charge is 0.306 e. The van der Waals surface area contributed by atoms with Gasteiger partial charge in [-0.05, 0) is 36.1 Å². The third-order valence-electron chi connectivity index (χ3n) is 7.95. The van der Waals surface area contributed by atoms with Gasteiger partial charge in [-0.25, -0.2) is 0 Å².